The predicted molar refractivity (Wildman–Crippen MR) is 72.1 cm³/mol. The number of carboxylic acids is 1. The second-order valence-electron chi connectivity index (χ2n) is 6.96. The van der Waals surface area contributed by atoms with Crippen LogP contribution in [0.25, 0.3) is 0 Å². The lowest BCUT2D eigenvalue weighted by molar-refractivity contribution is -0.137. The second kappa shape index (κ2) is 4.57. The van der Waals surface area contributed by atoms with E-state index in [1.54, 1.807) is 0 Å². The van der Waals surface area contributed by atoms with E-state index in [9.17, 15) is 4.79 Å². The number of carboxylic acid groups (broad SMARTS) is 1. The minimum absolute atomic E-state index is 0.117. The summed E-state index contributed by atoms with van der Waals surface area (Å²) in [4.78, 5) is 14.9. The van der Waals surface area contributed by atoms with Crippen LogP contribution in [0.2, 0.25) is 0 Å². The van der Waals surface area contributed by atoms with Gasteiger partial charge in [-0.15, -0.1) is 0 Å². The highest BCUT2D eigenvalue weighted by atomic mass is 16.4. The van der Waals surface area contributed by atoms with Crippen LogP contribution in [-0.2, 0) is 11.2 Å². The minimum Gasteiger partial charge on any atom is -0.481 e. The predicted octanol–water partition coefficient (Wildman–Crippen LogP) is 2.29. The molecule has 0 radical (unpaired) electrons. The Labute approximate surface area is 118 Å². The first-order valence-corrected chi connectivity index (χ1v) is 7.81. The molecule has 5 nitrogen and oxygen atoms in total. The van der Waals surface area contributed by atoms with Gasteiger partial charge < -0.3 is 5.11 Å². The van der Waals surface area contributed by atoms with Crippen LogP contribution in [-0.4, -0.2) is 25.8 Å². The molecule has 4 fully saturated rings. The van der Waals surface area contributed by atoms with Gasteiger partial charge in [-0.3, -0.25) is 4.79 Å². The molecule has 0 aromatic carbocycles. The smallest absolute Gasteiger partial charge is 0.303 e. The van der Waals surface area contributed by atoms with Crippen LogP contribution in [0.15, 0.2) is 6.33 Å². The number of hydrogen-bond donors (Lipinski definition) is 1. The molecule has 20 heavy (non-hydrogen) atoms. The van der Waals surface area contributed by atoms with Crippen molar-refractivity contribution in [1.82, 2.24) is 14.8 Å². The van der Waals surface area contributed by atoms with Gasteiger partial charge in [0, 0.05) is 6.42 Å². The molecular formula is C15H21N3O2. The van der Waals surface area contributed by atoms with Crippen molar-refractivity contribution in [2.45, 2.75) is 51.0 Å². The van der Waals surface area contributed by atoms with Crippen molar-refractivity contribution in [3.63, 3.8) is 0 Å². The van der Waals surface area contributed by atoms with E-state index >= 15 is 0 Å². The Bertz CT molecular complexity index is 497. The molecule has 1 aromatic rings. The third-order valence-corrected chi connectivity index (χ3v) is 5.60. The van der Waals surface area contributed by atoms with Gasteiger partial charge in [-0.2, -0.15) is 5.10 Å². The van der Waals surface area contributed by atoms with E-state index in [1.807, 2.05) is 6.33 Å². The molecule has 5 rings (SSSR count). The molecule has 0 unspecified atom stereocenters. The van der Waals surface area contributed by atoms with Crippen molar-refractivity contribution in [2.75, 3.05) is 0 Å². The van der Waals surface area contributed by atoms with Gasteiger partial charge in [-0.05, 0) is 55.8 Å². The van der Waals surface area contributed by atoms with Crippen molar-refractivity contribution in [3.8, 4) is 0 Å². The summed E-state index contributed by atoms with van der Waals surface area (Å²) < 4.78 is 2.06. The lowest BCUT2D eigenvalue weighted by Gasteiger charge is -2.54. The van der Waals surface area contributed by atoms with E-state index in [-0.39, 0.29) is 6.42 Å². The lowest BCUT2D eigenvalue weighted by atomic mass is 9.54. The van der Waals surface area contributed by atoms with Crippen LogP contribution in [0.5, 0.6) is 0 Å². The van der Waals surface area contributed by atoms with Gasteiger partial charge in [0.05, 0.1) is 12.5 Å². The van der Waals surface area contributed by atoms with Crippen LogP contribution in [0.1, 0.15) is 50.4 Å². The maximum absolute atomic E-state index is 10.6. The highest BCUT2D eigenvalue weighted by Gasteiger charge is 2.49. The zero-order valence-electron chi connectivity index (χ0n) is 11.6. The van der Waals surface area contributed by atoms with Crippen LogP contribution < -0.4 is 0 Å². The molecule has 1 heterocycles. The number of aromatic nitrogens is 3. The monoisotopic (exact) mass is 275 g/mol. The maximum Gasteiger partial charge on any atom is 0.303 e. The Kier molecular flexibility index (Phi) is 2.82. The number of rotatable bonds is 4. The molecular weight excluding hydrogens is 254 g/mol. The van der Waals surface area contributed by atoms with Gasteiger partial charge in [0.25, 0.3) is 0 Å². The summed E-state index contributed by atoms with van der Waals surface area (Å²) in [6, 6.07) is 0.522. The normalized spacial score (nSPS) is 38.3. The number of carbonyl (C=O) groups is 1. The zero-order valence-corrected chi connectivity index (χ0v) is 11.6. The summed E-state index contributed by atoms with van der Waals surface area (Å²) in [5, 5.41) is 13.3. The number of hydrogen-bond acceptors (Lipinski definition) is 3. The molecule has 4 saturated carbocycles. The van der Waals surface area contributed by atoms with Crippen LogP contribution in [0.3, 0.4) is 0 Å². The third kappa shape index (κ3) is 2.03. The average molecular weight is 275 g/mol. The maximum atomic E-state index is 10.6. The molecule has 0 amide bonds. The highest BCUT2D eigenvalue weighted by molar-refractivity contribution is 5.66. The van der Waals surface area contributed by atoms with Crippen LogP contribution in [0.4, 0.5) is 0 Å². The fourth-order valence-corrected chi connectivity index (χ4v) is 5.12. The third-order valence-electron chi connectivity index (χ3n) is 5.60. The van der Waals surface area contributed by atoms with E-state index in [0.29, 0.717) is 18.3 Å². The van der Waals surface area contributed by atoms with Crippen molar-refractivity contribution in [3.05, 3.63) is 12.2 Å². The quantitative estimate of drug-likeness (QED) is 0.915. The molecule has 1 aromatic heterocycles. The zero-order chi connectivity index (χ0) is 13.7. The topological polar surface area (TPSA) is 68.0 Å². The van der Waals surface area contributed by atoms with E-state index in [1.165, 1.54) is 32.1 Å². The van der Waals surface area contributed by atoms with Gasteiger partial charge in [0.2, 0.25) is 0 Å². The van der Waals surface area contributed by atoms with Gasteiger partial charge in [0.1, 0.15) is 6.33 Å². The molecule has 108 valence electrons. The summed E-state index contributed by atoms with van der Waals surface area (Å²) in [5.41, 5.74) is 0. The molecule has 0 saturated heterocycles. The first kappa shape index (κ1) is 12.4. The van der Waals surface area contributed by atoms with Crippen molar-refractivity contribution < 1.29 is 9.90 Å². The van der Waals surface area contributed by atoms with Crippen LogP contribution >= 0.6 is 0 Å². The highest BCUT2D eigenvalue weighted by Crippen LogP contribution is 2.57. The minimum atomic E-state index is -0.782. The molecule has 4 aliphatic carbocycles. The first-order chi connectivity index (χ1) is 9.69. The summed E-state index contributed by atoms with van der Waals surface area (Å²) in [7, 11) is 0. The lowest BCUT2D eigenvalue weighted by Crippen LogP contribution is -2.46. The average Bonchev–Trinajstić information content (AvgIpc) is 2.83. The van der Waals surface area contributed by atoms with Gasteiger partial charge in [0.15, 0.2) is 5.82 Å². The Balaban J connectivity index is 1.51. The Morgan fingerprint density at radius 1 is 1.20 bits per heavy atom. The fourth-order valence-electron chi connectivity index (χ4n) is 5.12. The van der Waals surface area contributed by atoms with E-state index in [2.05, 4.69) is 14.8 Å². The summed E-state index contributed by atoms with van der Waals surface area (Å²) in [5.74, 6) is 3.38. The van der Waals surface area contributed by atoms with Gasteiger partial charge in [-0.25, -0.2) is 9.67 Å². The van der Waals surface area contributed by atoms with Crippen molar-refractivity contribution in [1.29, 1.82) is 0 Å². The standard InChI is InChI=1S/C15H21N3O2/c19-14(20)2-1-13-16-8-18(17-13)15-11-4-9-3-10(6-11)7-12(15)5-9/h8-12,15H,1-7H2,(H,19,20). The fraction of sp³-hybridized carbons (Fsp3) is 0.800. The largest absolute Gasteiger partial charge is 0.481 e. The summed E-state index contributed by atoms with van der Waals surface area (Å²) >= 11 is 0. The van der Waals surface area contributed by atoms with E-state index in [4.69, 9.17) is 5.11 Å². The Morgan fingerprint density at radius 2 is 1.85 bits per heavy atom. The van der Waals surface area contributed by atoms with E-state index in [0.717, 1.165) is 23.7 Å². The molecule has 5 heteroatoms. The van der Waals surface area contributed by atoms with Crippen LogP contribution in [0, 0.1) is 23.7 Å². The molecule has 1 N–H and O–H groups in total. The molecule has 4 bridgehead atoms. The molecule has 0 aliphatic heterocycles. The molecule has 0 spiro atoms. The SMILES string of the molecule is O=C(O)CCc1ncn(C2C3CC4CC(C3)CC2C4)n1. The number of aliphatic carboxylic acids is 1. The first-order valence-electron chi connectivity index (χ1n) is 7.81. The number of nitrogens with zero attached hydrogens (tertiary/aromatic N) is 3. The Morgan fingerprint density at radius 3 is 2.45 bits per heavy atom. The van der Waals surface area contributed by atoms with Gasteiger partial charge in [-0.1, -0.05) is 0 Å². The molecule has 0 atom stereocenters. The van der Waals surface area contributed by atoms with E-state index < -0.39 is 5.97 Å². The summed E-state index contributed by atoms with van der Waals surface area (Å²) in [6.07, 6.45) is 9.31. The van der Waals surface area contributed by atoms with Crippen molar-refractivity contribution in [2.24, 2.45) is 23.7 Å². The van der Waals surface area contributed by atoms with Crippen molar-refractivity contribution >= 4 is 5.97 Å². The van der Waals surface area contributed by atoms with Gasteiger partial charge >= 0.3 is 5.97 Å². The second-order valence-corrected chi connectivity index (χ2v) is 6.96. The Hall–Kier alpha value is -1.39. The molecule has 4 aliphatic rings. The summed E-state index contributed by atoms with van der Waals surface area (Å²) in [6.45, 7) is 0. The number of aryl methyl sites for hydroxylation is 1.